The summed E-state index contributed by atoms with van der Waals surface area (Å²) >= 11 is 0. The number of carbonyl (C=O) groups excluding carboxylic acids is 1. The van der Waals surface area contributed by atoms with Crippen LogP contribution >= 0.6 is 0 Å². The number of amides is 1. The first-order chi connectivity index (χ1) is 10.4. The van der Waals surface area contributed by atoms with Gasteiger partial charge in [-0.2, -0.15) is 13.2 Å². The van der Waals surface area contributed by atoms with Gasteiger partial charge in [0.2, 0.25) is 0 Å². The second kappa shape index (κ2) is 7.21. The lowest BCUT2D eigenvalue weighted by atomic mass is 9.93. The second-order valence-corrected chi connectivity index (χ2v) is 6.38. The number of ether oxygens (including phenoxy) is 1. The first kappa shape index (κ1) is 19.3. The zero-order valence-corrected chi connectivity index (χ0v) is 13.8. The Morgan fingerprint density at radius 2 is 1.91 bits per heavy atom. The van der Waals surface area contributed by atoms with E-state index in [1.165, 1.54) is 6.07 Å². The van der Waals surface area contributed by atoms with Crippen molar-refractivity contribution in [2.75, 3.05) is 13.1 Å². The predicted octanol–water partition coefficient (Wildman–Crippen LogP) is 3.58. The third kappa shape index (κ3) is 6.09. The van der Waals surface area contributed by atoms with Gasteiger partial charge in [-0.3, -0.25) is 0 Å². The van der Waals surface area contributed by atoms with E-state index in [-0.39, 0.29) is 19.0 Å². The maximum Gasteiger partial charge on any atom is 0.416 e. The lowest BCUT2D eigenvalue weighted by Gasteiger charge is -2.22. The van der Waals surface area contributed by atoms with Gasteiger partial charge in [-0.25, -0.2) is 4.79 Å². The maximum atomic E-state index is 12.7. The Hall–Kier alpha value is -1.76. The fourth-order valence-corrected chi connectivity index (χ4v) is 2.15. The number of nitrogens with two attached hydrogens (primary N) is 1. The van der Waals surface area contributed by atoms with Crippen LogP contribution in [0.4, 0.5) is 18.0 Å². The summed E-state index contributed by atoms with van der Waals surface area (Å²) in [4.78, 5) is 11.7. The highest BCUT2D eigenvalue weighted by molar-refractivity contribution is 5.67. The van der Waals surface area contributed by atoms with E-state index in [0.29, 0.717) is 11.1 Å². The standard InChI is InChI=1S/C16H23F3N2O2/c1-10-7-12(16(17,18)19)5-6-13(10)11(8-20)9-21-14(22)23-15(2,3)4/h5-7,11H,8-9,20H2,1-4H3,(H,21,22). The molecule has 0 bridgehead atoms. The lowest BCUT2D eigenvalue weighted by molar-refractivity contribution is -0.137. The molecule has 3 N–H and O–H groups in total. The van der Waals surface area contributed by atoms with E-state index in [9.17, 15) is 18.0 Å². The molecule has 23 heavy (non-hydrogen) atoms. The Morgan fingerprint density at radius 3 is 2.35 bits per heavy atom. The quantitative estimate of drug-likeness (QED) is 0.886. The van der Waals surface area contributed by atoms with Crippen LogP contribution in [0.5, 0.6) is 0 Å². The summed E-state index contributed by atoms with van der Waals surface area (Å²) in [6.07, 6.45) is -4.96. The van der Waals surface area contributed by atoms with Gasteiger partial charge in [0.15, 0.2) is 0 Å². The molecule has 0 aromatic heterocycles. The number of benzene rings is 1. The fraction of sp³-hybridized carbons (Fsp3) is 0.562. The van der Waals surface area contributed by atoms with E-state index in [1.54, 1.807) is 27.7 Å². The summed E-state index contributed by atoms with van der Waals surface area (Å²) in [5.74, 6) is -0.287. The zero-order chi connectivity index (χ0) is 17.8. The van der Waals surface area contributed by atoms with Gasteiger partial charge in [-0.1, -0.05) is 6.07 Å². The van der Waals surface area contributed by atoms with Crippen molar-refractivity contribution in [3.8, 4) is 0 Å². The van der Waals surface area contributed by atoms with Gasteiger partial charge in [-0.15, -0.1) is 0 Å². The molecule has 0 saturated heterocycles. The summed E-state index contributed by atoms with van der Waals surface area (Å²) in [5.41, 5.74) is 5.54. The molecular weight excluding hydrogens is 309 g/mol. The molecule has 0 fully saturated rings. The molecule has 1 aromatic carbocycles. The molecule has 0 aliphatic rings. The summed E-state index contributed by atoms with van der Waals surface area (Å²) < 4.78 is 43.2. The van der Waals surface area contributed by atoms with Gasteiger partial charge in [0.25, 0.3) is 0 Å². The van der Waals surface area contributed by atoms with Crippen molar-refractivity contribution in [3.05, 3.63) is 34.9 Å². The number of alkyl halides is 3. The summed E-state index contributed by atoms with van der Waals surface area (Å²) in [6.45, 7) is 7.22. The van der Waals surface area contributed by atoms with Crippen molar-refractivity contribution < 1.29 is 22.7 Å². The Balaban J connectivity index is 2.81. The van der Waals surface area contributed by atoms with Crippen LogP contribution in [-0.4, -0.2) is 24.8 Å². The summed E-state index contributed by atoms with van der Waals surface area (Å²) in [5, 5.41) is 2.60. The molecule has 0 radical (unpaired) electrons. The number of hydrogen-bond acceptors (Lipinski definition) is 3. The SMILES string of the molecule is Cc1cc(C(F)(F)F)ccc1C(CN)CNC(=O)OC(C)(C)C. The Bertz CT molecular complexity index is 551. The predicted molar refractivity (Wildman–Crippen MR) is 82.2 cm³/mol. The van der Waals surface area contributed by atoms with Gasteiger partial charge in [-0.05, 0) is 51.0 Å². The minimum Gasteiger partial charge on any atom is -0.444 e. The molecule has 1 aromatic rings. The molecule has 7 heteroatoms. The molecule has 1 amide bonds. The first-order valence-corrected chi connectivity index (χ1v) is 7.28. The van der Waals surface area contributed by atoms with Crippen molar-refractivity contribution in [2.45, 2.75) is 45.4 Å². The van der Waals surface area contributed by atoms with Crippen molar-refractivity contribution in [1.29, 1.82) is 0 Å². The average Bonchev–Trinajstić information content (AvgIpc) is 2.37. The molecule has 1 unspecified atom stereocenters. The minimum absolute atomic E-state index is 0.192. The molecule has 0 saturated carbocycles. The van der Waals surface area contributed by atoms with E-state index in [1.807, 2.05) is 0 Å². The number of rotatable bonds is 4. The largest absolute Gasteiger partial charge is 0.444 e. The van der Waals surface area contributed by atoms with Crippen molar-refractivity contribution in [2.24, 2.45) is 5.73 Å². The smallest absolute Gasteiger partial charge is 0.416 e. The van der Waals surface area contributed by atoms with Gasteiger partial charge in [0.05, 0.1) is 5.56 Å². The van der Waals surface area contributed by atoms with Gasteiger partial charge < -0.3 is 15.8 Å². The van der Waals surface area contributed by atoms with Crippen LogP contribution in [0.3, 0.4) is 0 Å². The second-order valence-electron chi connectivity index (χ2n) is 6.38. The molecule has 4 nitrogen and oxygen atoms in total. The average molecular weight is 332 g/mol. The van der Waals surface area contributed by atoms with Crippen LogP contribution < -0.4 is 11.1 Å². The van der Waals surface area contributed by atoms with Crippen LogP contribution in [0.15, 0.2) is 18.2 Å². The van der Waals surface area contributed by atoms with E-state index < -0.39 is 23.4 Å². The molecule has 0 aliphatic carbocycles. The van der Waals surface area contributed by atoms with Crippen LogP contribution in [0, 0.1) is 6.92 Å². The van der Waals surface area contributed by atoms with Crippen LogP contribution in [-0.2, 0) is 10.9 Å². The van der Waals surface area contributed by atoms with Gasteiger partial charge in [0.1, 0.15) is 5.60 Å². The monoisotopic (exact) mass is 332 g/mol. The minimum atomic E-state index is -4.38. The van der Waals surface area contributed by atoms with Gasteiger partial charge in [0, 0.05) is 19.0 Å². The molecule has 130 valence electrons. The molecule has 0 aliphatic heterocycles. The molecule has 1 rings (SSSR count). The van der Waals surface area contributed by atoms with Crippen LogP contribution in [0.2, 0.25) is 0 Å². The van der Waals surface area contributed by atoms with Crippen LogP contribution in [0.25, 0.3) is 0 Å². The van der Waals surface area contributed by atoms with E-state index in [4.69, 9.17) is 10.5 Å². The van der Waals surface area contributed by atoms with Crippen molar-refractivity contribution in [1.82, 2.24) is 5.32 Å². The summed E-state index contributed by atoms with van der Waals surface area (Å²) in [6, 6.07) is 3.52. The number of nitrogens with one attached hydrogen (secondary N) is 1. The Kier molecular flexibility index (Phi) is 6.04. The number of halogens is 3. The third-order valence-corrected chi connectivity index (χ3v) is 3.21. The lowest BCUT2D eigenvalue weighted by Crippen LogP contribution is -2.36. The molecular formula is C16H23F3N2O2. The molecule has 0 heterocycles. The third-order valence-electron chi connectivity index (χ3n) is 3.21. The molecule has 1 atom stereocenters. The van der Waals surface area contributed by atoms with E-state index in [2.05, 4.69) is 5.32 Å². The number of hydrogen-bond donors (Lipinski definition) is 2. The van der Waals surface area contributed by atoms with Crippen LogP contribution in [0.1, 0.15) is 43.4 Å². The zero-order valence-electron chi connectivity index (χ0n) is 13.8. The fourth-order valence-electron chi connectivity index (χ4n) is 2.15. The maximum absolute atomic E-state index is 12.7. The summed E-state index contributed by atoms with van der Waals surface area (Å²) in [7, 11) is 0. The highest BCUT2D eigenvalue weighted by Crippen LogP contribution is 2.31. The Morgan fingerprint density at radius 1 is 1.30 bits per heavy atom. The van der Waals surface area contributed by atoms with Gasteiger partial charge >= 0.3 is 12.3 Å². The van der Waals surface area contributed by atoms with Crippen molar-refractivity contribution >= 4 is 6.09 Å². The van der Waals surface area contributed by atoms with E-state index >= 15 is 0 Å². The Labute approximate surface area is 134 Å². The normalized spacial score (nSPS) is 13.6. The number of carbonyl (C=O) groups is 1. The van der Waals surface area contributed by atoms with E-state index in [0.717, 1.165) is 12.1 Å². The van der Waals surface area contributed by atoms with Crippen molar-refractivity contribution in [3.63, 3.8) is 0 Å². The number of aryl methyl sites for hydroxylation is 1. The first-order valence-electron chi connectivity index (χ1n) is 7.28. The highest BCUT2D eigenvalue weighted by Gasteiger charge is 2.31. The number of alkyl carbamates (subject to hydrolysis) is 1. The topological polar surface area (TPSA) is 64.3 Å². The highest BCUT2D eigenvalue weighted by atomic mass is 19.4. The molecule has 0 spiro atoms.